The first-order valence-corrected chi connectivity index (χ1v) is 8.02. The van der Waals surface area contributed by atoms with E-state index < -0.39 is 17.3 Å². The molecule has 4 heteroatoms. The van der Waals surface area contributed by atoms with Gasteiger partial charge < -0.3 is 9.84 Å². The first-order valence-electron chi connectivity index (χ1n) is 8.02. The molecular weight excluding hydrogens is 304 g/mol. The highest BCUT2D eigenvalue weighted by molar-refractivity contribution is 5.84. The van der Waals surface area contributed by atoms with E-state index in [0.717, 1.165) is 11.1 Å². The van der Waals surface area contributed by atoms with Crippen molar-refractivity contribution < 1.29 is 19.4 Å². The minimum Gasteiger partial charge on any atom is -0.481 e. The average molecular weight is 326 g/mol. The minimum absolute atomic E-state index is 0.300. The second-order valence-corrected chi connectivity index (χ2v) is 5.77. The number of carboxylic acids is 1. The number of hydrogen-bond acceptors (Lipinski definition) is 3. The largest absolute Gasteiger partial charge is 0.481 e. The molecule has 1 aromatic rings. The molecule has 24 heavy (non-hydrogen) atoms. The first kappa shape index (κ1) is 17.7. The van der Waals surface area contributed by atoms with Crippen LogP contribution in [0.5, 0.6) is 0 Å². The van der Waals surface area contributed by atoms with Gasteiger partial charge >= 0.3 is 11.9 Å². The SMILES string of the molecule is CCOC(=O)C1(C=Cc2ccccc2C(C)C(=O)O)C=CC=CC1. The van der Waals surface area contributed by atoms with Crippen molar-refractivity contribution in [2.75, 3.05) is 6.61 Å². The average Bonchev–Trinajstić information content (AvgIpc) is 2.60. The van der Waals surface area contributed by atoms with E-state index >= 15 is 0 Å². The molecule has 0 aromatic heterocycles. The number of ether oxygens (including phenoxy) is 1. The van der Waals surface area contributed by atoms with Crippen LogP contribution in [0.1, 0.15) is 37.3 Å². The molecule has 0 aliphatic heterocycles. The number of carbonyl (C=O) groups is 2. The van der Waals surface area contributed by atoms with Crippen molar-refractivity contribution in [3.05, 3.63) is 65.8 Å². The van der Waals surface area contributed by atoms with Crippen molar-refractivity contribution in [2.24, 2.45) is 5.41 Å². The van der Waals surface area contributed by atoms with Crippen LogP contribution in [0.4, 0.5) is 0 Å². The molecule has 0 amide bonds. The number of allylic oxidation sites excluding steroid dienone is 3. The van der Waals surface area contributed by atoms with Gasteiger partial charge in [-0.25, -0.2) is 0 Å². The van der Waals surface area contributed by atoms with Gasteiger partial charge in [-0.3, -0.25) is 9.59 Å². The Hall–Kier alpha value is -2.62. The van der Waals surface area contributed by atoms with Crippen molar-refractivity contribution in [3.63, 3.8) is 0 Å². The predicted molar refractivity (Wildman–Crippen MR) is 93.5 cm³/mol. The molecular formula is C20H22O4. The van der Waals surface area contributed by atoms with Crippen LogP contribution >= 0.6 is 0 Å². The fourth-order valence-corrected chi connectivity index (χ4v) is 2.67. The Labute approximate surface area is 142 Å². The van der Waals surface area contributed by atoms with E-state index in [1.165, 1.54) is 0 Å². The lowest BCUT2D eigenvalue weighted by molar-refractivity contribution is -0.149. The van der Waals surface area contributed by atoms with Crippen LogP contribution in [-0.2, 0) is 14.3 Å². The highest BCUT2D eigenvalue weighted by Gasteiger charge is 2.34. The van der Waals surface area contributed by atoms with Gasteiger partial charge in [-0.05, 0) is 31.4 Å². The fourth-order valence-electron chi connectivity index (χ4n) is 2.67. The molecule has 1 aliphatic carbocycles. The number of benzene rings is 1. The fraction of sp³-hybridized carbons (Fsp3) is 0.300. The summed E-state index contributed by atoms with van der Waals surface area (Å²) in [6.45, 7) is 3.75. The van der Waals surface area contributed by atoms with Gasteiger partial charge in [0.2, 0.25) is 0 Å². The summed E-state index contributed by atoms with van der Waals surface area (Å²) in [4.78, 5) is 23.7. The van der Waals surface area contributed by atoms with E-state index in [9.17, 15) is 14.7 Å². The zero-order valence-corrected chi connectivity index (χ0v) is 13.9. The Morgan fingerprint density at radius 1 is 1.33 bits per heavy atom. The van der Waals surface area contributed by atoms with Crippen molar-refractivity contribution in [1.82, 2.24) is 0 Å². The Morgan fingerprint density at radius 2 is 2.08 bits per heavy atom. The maximum atomic E-state index is 12.4. The van der Waals surface area contributed by atoms with Crippen LogP contribution in [0.2, 0.25) is 0 Å². The van der Waals surface area contributed by atoms with Crippen molar-refractivity contribution >= 4 is 18.0 Å². The molecule has 2 rings (SSSR count). The van der Waals surface area contributed by atoms with E-state index in [0.29, 0.717) is 13.0 Å². The quantitative estimate of drug-likeness (QED) is 0.804. The van der Waals surface area contributed by atoms with Gasteiger partial charge in [-0.1, -0.05) is 60.7 Å². The highest BCUT2D eigenvalue weighted by atomic mass is 16.5. The Bertz CT molecular complexity index is 699. The third-order valence-electron chi connectivity index (χ3n) is 4.15. The molecule has 0 saturated carbocycles. The van der Waals surface area contributed by atoms with Gasteiger partial charge in [0.1, 0.15) is 5.41 Å². The molecule has 4 nitrogen and oxygen atoms in total. The molecule has 0 spiro atoms. The van der Waals surface area contributed by atoms with Gasteiger partial charge in [0.05, 0.1) is 12.5 Å². The molecule has 0 heterocycles. The number of hydrogen-bond donors (Lipinski definition) is 1. The zero-order valence-electron chi connectivity index (χ0n) is 13.9. The first-order chi connectivity index (χ1) is 11.5. The van der Waals surface area contributed by atoms with Crippen LogP contribution < -0.4 is 0 Å². The molecule has 1 aromatic carbocycles. The lowest BCUT2D eigenvalue weighted by atomic mass is 9.80. The predicted octanol–water partition coefficient (Wildman–Crippen LogP) is 3.95. The van der Waals surface area contributed by atoms with Crippen molar-refractivity contribution in [3.8, 4) is 0 Å². The van der Waals surface area contributed by atoms with Gasteiger partial charge in [0.25, 0.3) is 0 Å². The number of rotatable bonds is 6. The normalized spacial score (nSPS) is 20.9. The lowest BCUT2D eigenvalue weighted by Crippen LogP contribution is -2.29. The summed E-state index contributed by atoms with van der Waals surface area (Å²) in [5.41, 5.74) is 0.666. The molecule has 0 saturated heterocycles. The molecule has 126 valence electrons. The maximum Gasteiger partial charge on any atom is 0.320 e. The third kappa shape index (κ3) is 3.82. The van der Waals surface area contributed by atoms with Crippen molar-refractivity contribution in [1.29, 1.82) is 0 Å². The van der Waals surface area contributed by atoms with E-state index in [1.807, 2.05) is 48.6 Å². The smallest absolute Gasteiger partial charge is 0.320 e. The second kappa shape index (κ2) is 7.77. The maximum absolute atomic E-state index is 12.4. The molecule has 1 N–H and O–H groups in total. The number of esters is 1. The third-order valence-corrected chi connectivity index (χ3v) is 4.15. The summed E-state index contributed by atoms with van der Waals surface area (Å²) in [6, 6.07) is 7.32. The molecule has 1 aliphatic rings. The van der Waals surface area contributed by atoms with Gasteiger partial charge in [-0.15, -0.1) is 0 Å². The monoisotopic (exact) mass is 326 g/mol. The van der Waals surface area contributed by atoms with E-state index in [1.54, 1.807) is 26.0 Å². The molecule has 0 radical (unpaired) electrons. The van der Waals surface area contributed by atoms with Crippen molar-refractivity contribution in [2.45, 2.75) is 26.2 Å². The minimum atomic E-state index is -0.878. The summed E-state index contributed by atoms with van der Waals surface area (Å²) in [7, 11) is 0. The van der Waals surface area contributed by atoms with Crippen LogP contribution in [0.15, 0.2) is 54.6 Å². The number of carboxylic acid groups (broad SMARTS) is 1. The van der Waals surface area contributed by atoms with E-state index in [2.05, 4.69) is 0 Å². The van der Waals surface area contributed by atoms with Crippen LogP contribution in [-0.4, -0.2) is 23.7 Å². The summed E-state index contributed by atoms with van der Waals surface area (Å²) in [5.74, 6) is -1.80. The molecule has 2 atom stereocenters. The molecule has 2 unspecified atom stereocenters. The summed E-state index contributed by atoms with van der Waals surface area (Å²) < 4.78 is 5.22. The Balaban J connectivity index is 2.37. The molecule has 0 bridgehead atoms. The van der Waals surface area contributed by atoms with Gasteiger partial charge in [0, 0.05) is 0 Å². The number of carbonyl (C=O) groups excluding carboxylic acids is 1. The van der Waals surface area contributed by atoms with Gasteiger partial charge in [-0.2, -0.15) is 0 Å². The Morgan fingerprint density at radius 3 is 2.71 bits per heavy atom. The Kier molecular flexibility index (Phi) is 5.74. The number of aliphatic carboxylic acids is 1. The van der Waals surface area contributed by atoms with E-state index in [4.69, 9.17) is 4.74 Å². The standard InChI is InChI=1S/C20H22O4/c1-3-24-19(23)20(12-7-4-8-13-20)14-11-16-9-5-6-10-17(16)15(2)18(21)22/h4-12,14-15H,3,13H2,1-2H3,(H,21,22). The summed E-state index contributed by atoms with van der Waals surface area (Å²) in [6.07, 6.45) is 11.6. The van der Waals surface area contributed by atoms with Crippen LogP contribution in [0.3, 0.4) is 0 Å². The second-order valence-electron chi connectivity index (χ2n) is 5.77. The van der Waals surface area contributed by atoms with Gasteiger partial charge in [0.15, 0.2) is 0 Å². The van der Waals surface area contributed by atoms with E-state index in [-0.39, 0.29) is 5.97 Å². The summed E-state index contributed by atoms with van der Waals surface area (Å²) >= 11 is 0. The van der Waals surface area contributed by atoms with Crippen LogP contribution in [0, 0.1) is 5.41 Å². The summed E-state index contributed by atoms with van der Waals surface area (Å²) in [5, 5.41) is 9.27. The zero-order chi connectivity index (χ0) is 17.6. The molecule has 0 fully saturated rings. The highest BCUT2D eigenvalue weighted by Crippen LogP contribution is 2.33. The topological polar surface area (TPSA) is 63.6 Å². The lowest BCUT2D eigenvalue weighted by Gasteiger charge is -2.25. The van der Waals surface area contributed by atoms with Crippen LogP contribution in [0.25, 0.3) is 6.08 Å².